The monoisotopic (exact) mass is 292 g/mol. The minimum atomic E-state index is -1.05. The van der Waals surface area contributed by atoms with Gasteiger partial charge in [-0.1, -0.05) is 37.2 Å². The summed E-state index contributed by atoms with van der Waals surface area (Å²) < 4.78 is 24.1. The van der Waals surface area contributed by atoms with Crippen molar-refractivity contribution in [3.63, 3.8) is 0 Å². The zero-order valence-corrected chi connectivity index (χ0v) is 12.2. The molecule has 0 aliphatic heterocycles. The van der Waals surface area contributed by atoms with Crippen LogP contribution < -0.4 is 0 Å². The fraction of sp³-hybridized carbons (Fsp3) is 0.400. The zero-order valence-electron chi connectivity index (χ0n) is 12.2. The first-order chi connectivity index (χ1) is 10.0. The van der Waals surface area contributed by atoms with E-state index in [1.54, 1.807) is 19.1 Å². The smallest absolute Gasteiger partial charge is 0.323 e. The molecule has 0 amide bonds. The molecule has 2 aromatic rings. The number of hydrogen-bond acceptors (Lipinski definition) is 5. The molecule has 0 saturated heterocycles. The molecular formula is C15H17FN2O3. The van der Waals surface area contributed by atoms with E-state index in [2.05, 4.69) is 10.1 Å². The molecule has 5 nitrogen and oxygen atoms in total. The first-order valence-corrected chi connectivity index (χ1v) is 6.79. The minimum Gasteiger partial charge on any atom is -0.465 e. The van der Waals surface area contributed by atoms with Gasteiger partial charge in [-0.15, -0.1) is 0 Å². The highest BCUT2D eigenvalue weighted by Crippen LogP contribution is 2.28. The minimum absolute atomic E-state index is 0.0437. The number of halogens is 1. The third kappa shape index (κ3) is 3.26. The Morgan fingerprint density at radius 3 is 2.67 bits per heavy atom. The third-order valence-electron chi connectivity index (χ3n) is 2.96. The van der Waals surface area contributed by atoms with Crippen LogP contribution in [0.5, 0.6) is 0 Å². The molecule has 0 aliphatic rings. The van der Waals surface area contributed by atoms with Gasteiger partial charge in [0.05, 0.1) is 6.61 Å². The van der Waals surface area contributed by atoms with Gasteiger partial charge in [0.25, 0.3) is 0 Å². The number of esters is 1. The van der Waals surface area contributed by atoms with E-state index in [0.717, 1.165) is 0 Å². The molecule has 112 valence electrons. The van der Waals surface area contributed by atoms with Crippen LogP contribution in [0.4, 0.5) is 4.39 Å². The first-order valence-electron chi connectivity index (χ1n) is 6.79. The molecule has 0 aliphatic carbocycles. The van der Waals surface area contributed by atoms with E-state index in [1.165, 1.54) is 12.1 Å². The maximum atomic E-state index is 14.0. The van der Waals surface area contributed by atoms with Gasteiger partial charge in [0.1, 0.15) is 5.82 Å². The number of aromatic nitrogens is 2. The fourth-order valence-electron chi connectivity index (χ4n) is 1.89. The summed E-state index contributed by atoms with van der Waals surface area (Å²) in [7, 11) is 0. The Morgan fingerprint density at radius 1 is 1.38 bits per heavy atom. The van der Waals surface area contributed by atoms with E-state index in [-0.39, 0.29) is 24.0 Å². The van der Waals surface area contributed by atoms with Gasteiger partial charge in [-0.05, 0) is 13.0 Å². The molecule has 0 spiro atoms. The van der Waals surface area contributed by atoms with Gasteiger partial charge in [0.15, 0.2) is 11.7 Å². The molecule has 1 atom stereocenters. The Bertz CT molecular complexity index is 625. The molecule has 21 heavy (non-hydrogen) atoms. The molecule has 1 heterocycles. The zero-order chi connectivity index (χ0) is 15.4. The molecular weight excluding hydrogens is 275 g/mol. The van der Waals surface area contributed by atoms with Crippen molar-refractivity contribution in [2.75, 3.05) is 6.61 Å². The lowest BCUT2D eigenvalue weighted by Crippen LogP contribution is -2.19. The van der Waals surface area contributed by atoms with Gasteiger partial charge in [-0.2, -0.15) is 4.98 Å². The molecule has 1 unspecified atom stereocenters. The van der Waals surface area contributed by atoms with E-state index < -0.39 is 17.7 Å². The van der Waals surface area contributed by atoms with E-state index in [0.29, 0.717) is 5.82 Å². The molecule has 0 bridgehead atoms. The molecule has 1 aromatic carbocycles. The average molecular weight is 292 g/mol. The van der Waals surface area contributed by atoms with Crippen LogP contribution in [0.1, 0.15) is 49.9 Å². The summed E-state index contributed by atoms with van der Waals surface area (Å²) in [5.41, 5.74) is 0.162. The molecule has 1 aromatic heterocycles. The summed E-state index contributed by atoms with van der Waals surface area (Å²) in [5.74, 6) is -1.61. The SMILES string of the molecule is CCOC(=O)C(c1nc(C(C)C)no1)c1ccccc1F. The van der Waals surface area contributed by atoms with Crippen molar-refractivity contribution in [1.82, 2.24) is 10.1 Å². The topological polar surface area (TPSA) is 65.2 Å². The van der Waals surface area contributed by atoms with Gasteiger partial charge in [-0.3, -0.25) is 4.79 Å². The predicted molar refractivity (Wildman–Crippen MR) is 73.3 cm³/mol. The Hall–Kier alpha value is -2.24. The standard InChI is InChI=1S/C15H17FN2O3/c1-4-20-15(19)12(10-7-5-6-8-11(10)16)14-17-13(9(2)3)18-21-14/h5-9,12H,4H2,1-3H3. The Balaban J connectivity index is 2.45. The number of carbonyl (C=O) groups is 1. The van der Waals surface area contributed by atoms with Crippen molar-refractivity contribution < 1.29 is 18.4 Å². The average Bonchev–Trinajstić information content (AvgIpc) is 2.91. The molecule has 2 rings (SSSR count). The van der Waals surface area contributed by atoms with Crippen LogP contribution in [-0.4, -0.2) is 22.7 Å². The van der Waals surface area contributed by atoms with E-state index in [4.69, 9.17) is 9.26 Å². The summed E-state index contributed by atoms with van der Waals surface area (Å²) in [5, 5.41) is 3.82. The third-order valence-corrected chi connectivity index (χ3v) is 2.96. The second kappa shape index (κ2) is 6.47. The number of carbonyl (C=O) groups excluding carboxylic acids is 1. The van der Waals surface area contributed by atoms with Crippen LogP contribution in [0, 0.1) is 5.82 Å². The maximum Gasteiger partial charge on any atom is 0.323 e. The lowest BCUT2D eigenvalue weighted by atomic mass is 9.98. The van der Waals surface area contributed by atoms with E-state index in [9.17, 15) is 9.18 Å². The van der Waals surface area contributed by atoms with Gasteiger partial charge in [0, 0.05) is 11.5 Å². The molecule has 6 heteroatoms. The van der Waals surface area contributed by atoms with Crippen molar-refractivity contribution in [3.05, 3.63) is 47.4 Å². The van der Waals surface area contributed by atoms with E-state index in [1.807, 2.05) is 13.8 Å². The van der Waals surface area contributed by atoms with Crippen LogP contribution in [0.25, 0.3) is 0 Å². The van der Waals surface area contributed by atoms with E-state index >= 15 is 0 Å². The molecule has 0 saturated carbocycles. The Morgan fingerprint density at radius 2 is 2.10 bits per heavy atom. The van der Waals surface area contributed by atoms with Gasteiger partial charge in [0.2, 0.25) is 5.89 Å². The number of rotatable bonds is 5. The highest BCUT2D eigenvalue weighted by molar-refractivity contribution is 5.80. The summed E-state index contributed by atoms with van der Waals surface area (Å²) >= 11 is 0. The maximum absolute atomic E-state index is 14.0. The normalized spacial score (nSPS) is 12.4. The fourth-order valence-corrected chi connectivity index (χ4v) is 1.89. The van der Waals surface area contributed by atoms with Crippen LogP contribution >= 0.6 is 0 Å². The Labute approximate surface area is 122 Å². The van der Waals surface area contributed by atoms with Gasteiger partial charge >= 0.3 is 5.97 Å². The first kappa shape index (κ1) is 15.2. The lowest BCUT2D eigenvalue weighted by Gasteiger charge is -2.12. The summed E-state index contributed by atoms with van der Waals surface area (Å²) in [6.45, 7) is 5.67. The summed E-state index contributed by atoms with van der Waals surface area (Å²) in [4.78, 5) is 16.3. The second-order valence-electron chi connectivity index (χ2n) is 4.85. The quantitative estimate of drug-likeness (QED) is 0.792. The summed E-state index contributed by atoms with van der Waals surface area (Å²) in [6, 6.07) is 5.98. The van der Waals surface area contributed by atoms with Crippen LogP contribution in [-0.2, 0) is 9.53 Å². The highest BCUT2D eigenvalue weighted by atomic mass is 19.1. The largest absolute Gasteiger partial charge is 0.465 e. The van der Waals surface area contributed by atoms with Crippen LogP contribution in [0.3, 0.4) is 0 Å². The number of hydrogen-bond donors (Lipinski definition) is 0. The van der Waals surface area contributed by atoms with Crippen LogP contribution in [0.15, 0.2) is 28.8 Å². The van der Waals surface area contributed by atoms with Gasteiger partial charge in [-0.25, -0.2) is 4.39 Å². The highest BCUT2D eigenvalue weighted by Gasteiger charge is 2.32. The predicted octanol–water partition coefficient (Wildman–Crippen LogP) is 3.03. The summed E-state index contributed by atoms with van der Waals surface area (Å²) in [6.07, 6.45) is 0. The van der Waals surface area contributed by atoms with Gasteiger partial charge < -0.3 is 9.26 Å². The lowest BCUT2D eigenvalue weighted by molar-refractivity contribution is -0.144. The molecule has 0 N–H and O–H groups in total. The van der Waals surface area contributed by atoms with Crippen molar-refractivity contribution in [1.29, 1.82) is 0 Å². The second-order valence-corrected chi connectivity index (χ2v) is 4.85. The molecule has 0 radical (unpaired) electrons. The van der Waals surface area contributed by atoms with Crippen molar-refractivity contribution in [2.24, 2.45) is 0 Å². The van der Waals surface area contributed by atoms with Crippen LogP contribution in [0.2, 0.25) is 0 Å². The van der Waals surface area contributed by atoms with Crippen molar-refractivity contribution in [3.8, 4) is 0 Å². The van der Waals surface area contributed by atoms with Crippen molar-refractivity contribution in [2.45, 2.75) is 32.6 Å². The number of nitrogens with zero attached hydrogens (tertiary/aromatic N) is 2. The molecule has 0 fully saturated rings. The number of benzene rings is 1. The Kier molecular flexibility index (Phi) is 4.67. The van der Waals surface area contributed by atoms with Crippen molar-refractivity contribution >= 4 is 5.97 Å². The number of ether oxygens (including phenoxy) is 1.